The molecule has 3 aromatic carbocycles. The number of carbonyl (C=O) groups excluding carboxylic acids is 2. The van der Waals surface area contributed by atoms with Gasteiger partial charge in [-0.15, -0.1) is 0 Å². The van der Waals surface area contributed by atoms with Crippen LogP contribution in [0.4, 0.5) is 5.69 Å². The summed E-state index contributed by atoms with van der Waals surface area (Å²) in [6, 6.07) is 16.9. The molecule has 44 heavy (non-hydrogen) atoms. The molecule has 230 valence electrons. The van der Waals surface area contributed by atoms with Crippen molar-refractivity contribution in [1.29, 1.82) is 0 Å². The molecule has 5 rings (SSSR count). The molecule has 0 aromatic heterocycles. The molecule has 1 amide bonds. The zero-order valence-electron chi connectivity index (χ0n) is 26.1. The third-order valence-corrected chi connectivity index (χ3v) is 8.31. The Labute approximate surface area is 257 Å². The van der Waals surface area contributed by atoms with Gasteiger partial charge in [0.1, 0.15) is 0 Å². The molecule has 0 saturated heterocycles. The predicted molar refractivity (Wildman–Crippen MR) is 168 cm³/mol. The standard InChI is InChI=1S/C35H38N2O7/c1-19-8-11-23(12-9-19)37-35(39)30-20(2)36-25-16-22(21-10-14-27(40-3)29(18-21)42-5)17-26(38)32(25)31(30)24-13-15-28(41-4)34(44-7)33(24)43-6/h8-15,18,22,31,36H,16-17H2,1-7H3,(H,37,39)/t22-,31-/m1/s1. The first-order chi connectivity index (χ1) is 21.2. The van der Waals surface area contributed by atoms with Crippen molar-refractivity contribution >= 4 is 17.4 Å². The Morgan fingerprint density at radius 2 is 1.43 bits per heavy atom. The lowest BCUT2D eigenvalue weighted by Gasteiger charge is -2.37. The summed E-state index contributed by atoms with van der Waals surface area (Å²) >= 11 is 0. The number of anilines is 1. The van der Waals surface area contributed by atoms with E-state index in [9.17, 15) is 9.59 Å². The normalized spacial score (nSPS) is 17.8. The highest BCUT2D eigenvalue weighted by Gasteiger charge is 2.43. The second-order valence-electron chi connectivity index (χ2n) is 10.9. The monoisotopic (exact) mass is 598 g/mol. The molecule has 0 unspecified atom stereocenters. The Kier molecular flexibility index (Phi) is 8.85. The highest BCUT2D eigenvalue weighted by Crippen LogP contribution is 2.51. The van der Waals surface area contributed by atoms with E-state index in [0.717, 1.165) is 16.8 Å². The van der Waals surface area contributed by atoms with Crippen molar-refractivity contribution in [3.63, 3.8) is 0 Å². The molecule has 0 fully saturated rings. The lowest BCUT2D eigenvalue weighted by molar-refractivity contribution is -0.116. The lowest BCUT2D eigenvalue weighted by Crippen LogP contribution is -2.37. The molecule has 1 aliphatic carbocycles. The average Bonchev–Trinajstić information content (AvgIpc) is 3.03. The number of ether oxygens (including phenoxy) is 5. The average molecular weight is 599 g/mol. The van der Waals surface area contributed by atoms with Gasteiger partial charge in [0, 0.05) is 40.2 Å². The number of allylic oxidation sites excluding steroid dienone is 3. The van der Waals surface area contributed by atoms with E-state index in [-0.39, 0.29) is 24.0 Å². The third kappa shape index (κ3) is 5.57. The second kappa shape index (κ2) is 12.8. The third-order valence-electron chi connectivity index (χ3n) is 8.31. The number of nitrogens with one attached hydrogen (secondary N) is 2. The van der Waals surface area contributed by atoms with E-state index in [1.54, 1.807) is 27.4 Å². The Morgan fingerprint density at radius 1 is 0.773 bits per heavy atom. The Hall–Kier alpha value is -4.92. The highest BCUT2D eigenvalue weighted by atomic mass is 16.5. The van der Waals surface area contributed by atoms with Crippen LogP contribution in [0.15, 0.2) is 77.1 Å². The Bertz CT molecular complexity index is 1660. The van der Waals surface area contributed by atoms with Crippen LogP contribution < -0.4 is 34.3 Å². The van der Waals surface area contributed by atoms with Gasteiger partial charge in [0.15, 0.2) is 28.8 Å². The summed E-state index contributed by atoms with van der Waals surface area (Å²) < 4.78 is 28.0. The van der Waals surface area contributed by atoms with Crippen molar-refractivity contribution in [3.8, 4) is 28.7 Å². The fourth-order valence-corrected chi connectivity index (χ4v) is 6.18. The quantitative estimate of drug-likeness (QED) is 0.307. The van der Waals surface area contributed by atoms with Gasteiger partial charge in [-0.3, -0.25) is 9.59 Å². The van der Waals surface area contributed by atoms with E-state index in [1.165, 1.54) is 14.2 Å². The van der Waals surface area contributed by atoms with E-state index in [2.05, 4.69) is 10.6 Å². The van der Waals surface area contributed by atoms with Crippen molar-refractivity contribution in [1.82, 2.24) is 5.32 Å². The highest BCUT2D eigenvalue weighted by molar-refractivity contribution is 6.10. The number of aryl methyl sites for hydroxylation is 1. The fourth-order valence-electron chi connectivity index (χ4n) is 6.18. The molecule has 0 spiro atoms. The lowest BCUT2D eigenvalue weighted by atomic mass is 9.71. The SMILES string of the molecule is COc1ccc([C@H]2CC(=O)C3=C(C2)NC(C)=C(C(=O)Nc2ccc(C)cc2)[C@H]3c2ccc(OC)c(OC)c2OC)cc1OC. The van der Waals surface area contributed by atoms with Crippen molar-refractivity contribution in [2.45, 2.75) is 38.5 Å². The van der Waals surface area contributed by atoms with Gasteiger partial charge in [-0.2, -0.15) is 0 Å². The first-order valence-electron chi connectivity index (χ1n) is 14.4. The number of methoxy groups -OCH3 is 5. The molecular formula is C35H38N2O7. The predicted octanol–water partition coefficient (Wildman–Crippen LogP) is 6.04. The zero-order chi connectivity index (χ0) is 31.5. The van der Waals surface area contributed by atoms with Crippen LogP contribution >= 0.6 is 0 Å². The van der Waals surface area contributed by atoms with E-state index in [4.69, 9.17) is 23.7 Å². The molecule has 0 bridgehead atoms. The van der Waals surface area contributed by atoms with Crippen LogP contribution in [0.1, 0.15) is 48.3 Å². The molecule has 9 heteroatoms. The van der Waals surface area contributed by atoms with E-state index in [1.807, 2.05) is 62.4 Å². The van der Waals surface area contributed by atoms with Crippen molar-refractivity contribution in [2.24, 2.45) is 0 Å². The minimum Gasteiger partial charge on any atom is -0.493 e. The van der Waals surface area contributed by atoms with Crippen molar-refractivity contribution in [2.75, 3.05) is 40.9 Å². The van der Waals surface area contributed by atoms with Gasteiger partial charge in [0.05, 0.1) is 41.5 Å². The van der Waals surface area contributed by atoms with Crippen LogP contribution in [0.5, 0.6) is 28.7 Å². The number of hydrogen-bond donors (Lipinski definition) is 2. The molecule has 0 saturated carbocycles. The van der Waals surface area contributed by atoms with E-state index < -0.39 is 5.92 Å². The molecule has 2 atom stereocenters. The molecule has 3 aromatic rings. The fraction of sp³-hybridized carbons (Fsp3) is 0.314. The van der Waals surface area contributed by atoms with E-state index >= 15 is 0 Å². The van der Waals surface area contributed by atoms with Crippen LogP contribution in [0, 0.1) is 6.92 Å². The van der Waals surface area contributed by atoms with Crippen LogP contribution in [-0.4, -0.2) is 47.2 Å². The number of Topliss-reactive ketones (excluding diaryl/α,β-unsaturated/α-hetero) is 1. The summed E-state index contributed by atoms with van der Waals surface area (Å²) in [7, 11) is 7.80. The summed E-state index contributed by atoms with van der Waals surface area (Å²) in [6.07, 6.45) is 0.820. The maximum Gasteiger partial charge on any atom is 0.254 e. The van der Waals surface area contributed by atoms with Crippen LogP contribution in [-0.2, 0) is 9.59 Å². The van der Waals surface area contributed by atoms with Gasteiger partial charge >= 0.3 is 0 Å². The van der Waals surface area contributed by atoms with Crippen molar-refractivity contribution in [3.05, 3.63) is 93.8 Å². The molecule has 2 aliphatic rings. The van der Waals surface area contributed by atoms with Gasteiger partial charge in [0.2, 0.25) is 5.75 Å². The number of carbonyl (C=O) groups is 2. The van der Waals surface area contributed by atoms with Gasteiger partial charge < -0.3 is 34.3 Å². The second-order valence-corrected chi connectivity index (χ2v) is 10.9. The molecule has 9 nitrogen and oxygen atoms in total. The van der Waals surface area contributed by atoms with Gasteiger partial charge in [0.25, 0.3) is 5.91 Å². The summed E-state index contributed by atoms with van der Waals surface area (Å²) in [5.41, 5.74) is 5.71. The summed E-state index contributed by atoms with van der Waals surface area (Å²) in [5.74, 6) is 1.29. The van der Waals surface area contributed by atoms with Crippen LogP contribution in [0.3, 0.4) is 0 Å². The van der Waals surface area contributed by atoms with Crippen LogP contribution in [0.2, 0.25) is 0 Å². The Balaban J connectivity index is 1.63. The van der Waals surface area contributed by atoms with Crippen LogP contribution in [0.25, 0.3) is 0 Å². The summed E-state index contributed by atoms with van der Waals surface area (Å²) in [4.78, 5) is 28.3. The minimum atomic E-state index is -0.717. The van der Waals surface area contributed by atoms with Crippen molar-refractivity contribution < 1.29 is 33.3 Å². The topological polar surface area (TPSA) is 104 Å². The summed E-state index contributed by atoms with van der Waals surface area (Å²) in [5, 5.41) is 6.47. The Morgan fingerprint density at radius 3 is 2.07 bits per heavy atom. The molecular weight excluding hydrogens is 560 g/mol. The summed E-state index contributed by atoms with van der Waals surface area (Å²) in [6.45, 7) is 3.85. The zero-order valence-corrected chi connectivity index (χ0v) is 26.1. The maximum atomic E-state index is 14.2. The molecule has 0 radical (unpaired) electrons. The van der Waals surface area contributed by atoms with Gasteiger partial charge in [-0.25, -0.2) is 0 Å². The smallest absolute Gasteiger partial charge is 0.254 e. The number of amides is 1. The van der Waals surface area contributed by atoms with E-state index in [0.29, 0.717) is 63.3 Å². The number of hydrogen-bond acceptors (Lipinski definition) is 8. The number of benzene rings is 3. The first-order valence-corrected chi connectivity index (χ1v) is 14.4. The number of ketones is 1. The largest absolute Gasteiger partial charge is 0.493 e. The number of rotatable bonds is 9. The molecule has 1 aliphatic heterocycles. The molecule has 1 heterocycles. The minimum absolute atomic E-state index is 0.0616. The number of dihydropyridines is 1. The maximum absolute atomic E-state index is 14.2. The molecule has 2 N–H and O–H groups in total. The van der Waals surface area contributed by atoms with Gasteiger partial charge in [-0.05, 0) is 62.1 Å². The van der Waals surface area contributed by atoms with Gasteiger partial charge in [-0.1, -0.05) is 29.8 Å². The first kappa shape index (κ1) is 30.5.